The van der Waals surface area contributed by atoms with Crippen molar-refractivity contribution in [3.63, 3.8) is 0 Å². The summed E-state index contributed by atoms with van der Waals surface area (Å²) in [6, 6.07) is 0.284. The van der Waals surface area contributed by atoms with Gasteiger partial charge in [0.05, 0.1) is 6.04 Å². The lowest BCUT2D eigenvalue weighted by atomic mass is 9.80. The van der Waals surface area contributed by atoms with Gasteiger partial charge in [-0.25, -0.2) is 0 Å². The van der Waals surface area contributed by atoms with Gasteiger partial charge in [-0.05, 0) is 51.4 Å². The highest BCUT2D eigenvalue weighted by molar-refractivity contribution is 5.10. The van der Waals surface area contributed by atoms with Crippen LogP contribution in [0, 0.1) is 11.8 Å². The molecule has 0 saturated heterocycles. The fraction of sp³-hybridized carbons (Fsp3) is 0.765. The number of allylic oxidation sites excluding steroid dienone is 1. The van der Waals surface area contributed by atoms with Crippen molar-refractivity contribution < 1.29 is 0 Å². The second-order valence-corrected chi connectivity index (χ2v) is 6.82. The average molecular weight is 288 g/mol. The van der Waals surface area contributed by atoms with Gasteiger partial charge in [-0.2, -0.15) is 0 Å². The monoisotopic (exact) mass is 288 g/mol. The second kappa shape index (κ2) is 6.30. The third-order valence-corrected chi connectivity index (χ3v) is 5.28. The van der Waals surface area contributed by atoms with Gasteiger partial charge in [0, 0.05) is 19.5 Å². The molecule has 0 saturated carbocycles. The van der Waals surface area contributed by atoms with Crippen molar-refractivity contribution in [2.45, 2.75) is 65.5 Å². The summed E-state index contributed by atoms with van der Waals surface area (Å²) >= 11 is 0. The third kappa shape index (κ3) is 3.05. The first-order valence-corrected chi connectivity index (χ1v) is 8.49. The van der Waals surface area contributed by atoms with Crippen molar-refractivity contribution in [3.05, 3.63) is 23.3 Å². The lowest BCUT2D eigenvalue weighted by Gasteiger charge is -2.30. The normalized spacial score (nSPS) is 27.1. The van der Waals surface area contributed by atoms with Crippen LogP contribution in [-0.2, 0) is 13.0 Å². The zero-order valence-corrected chi connectivity index (χ0v) is 13.6. The van der Waals surface area contributed by atoms with E-state index in [1.54, 1.807) is 5.57 Å². The molecule has 2 aliphatic rings. The van der Waals surface area contributed by atoms with Gasteiger partial charge in [-0.3, -0.25) is 0 Å². The summed E-state index contributed by atoms with van der Waals surface area (Å²) in [6.45, 7) is 9.02. The smallest absolute Gasteiger partial charge is 0.149 e. The zero-order valence-electron chi connectivity index (χ0n) is 13.6. The molecule has 3 rings (SSSR count). The molecule has 1 aliphatic heterocycles. The standard InChI is InChI=1S/C17H28N4/c1-12-7-6-8-13(2)15(12)11-18-14(3)17-20-19-16-9-4-5-10-21(16)17/h7,13-15,18H,4-6,8-11H2,1-3H3/t13-,14+,15-/m0/s1. The summed E-state index contributed by atoms with van der Waals surface area (Å²) in [5.41, 5.74) is 1.55. The number of hydrogen-bond donors (Lipinski definition) is 1. The highest BCUT2D eigenvalue weighted by atomic mass is 15.3. The molecule has 0 unspecified atom stereocenters. The first-order chi connectivity index (χ1) is 10.2. The van der Waals surface area contributed by atoms with Crippen LogP contribution < -0.4 is 5.32 Å². The first-order valence-electron chi connectivity index (χ1n) is 8.49. The van der Waals surface area contributed by atoms with Gasteiger partial charge in [0.15, 0.2) is 0 Å². The fourth-order valence-electron chi connectivity index (χ4n) is 3.78. The average Bonchev–Trinajstić information content (AvgIpc) is 2.90. The maximum Gasteiger partial charge on any atom is 0.149 e. The Morgan fingerprint density at radius 3 is 3.05 bits per heavy atom. The predicted octanol–water partition coefficient (Wildman–Crippen LogP) is 3.26. The van der Waals surface area contributed by atoms with Crippen molar-refractivity contribution in [3.8, 4) is 0 Å². The lowest BCUT2D eigenvalue weighted by Crippen LogP contribution is -2.32. The van der Waals surface area contributed by atoms with Crippen molar-refractivity contribution in [2.75, 3.05) is 6.54 Å². The Kier molecular flexibility index (Phi) is 4.43. The number of aryl methyl sites for hydroxylation is 1. The van der Waals surface area contributed by atoms with E-state index in [-0.39, 0.29) is 6.04 Å². The molecule has 3 atom stereocenters. The molecule has 0 amide bonds. The Morgan fingerprint density at radius 1 is 1.38 bits per heavy atom. The van der Waals surface area contributed by atoms with Crippen molar-refractivity contribution in [1.82, 2.24) is 20.1 Å². The SMILES string of the molecule is CC1=CCC[C@H](C)[C@H]1CN[C@H](C)c1nnc2n1CCCC2. The highest BCUT2D eigenvalue weighted by Crippen LogP contribution is 2.30. The Morgan fingerprint density at radius 2 is 2.24 bits per heavy atom. The molecule has 21 heavy (non-hydrogen) atoms. The van der Waals surface area contributed by atoms with Crippen LogP contribution in [0.5, 0.6) is 0 Å². The maximum absolute atomic E-state index is 4.44. The number of aromatic nitrogens is 3. The van der Waals surface area contributed by atoms with Gasteiger partial charge in [0.2, 0.25) is 0 Å². The van der Waals surface area contributed by atoms with Crippen molar-refractivity contribution in [2.24, 2.45) is 11.8 Å². The summed E-state index contributed by atoms with van der Waals surface area (Å²) in [7, 11) is 0. The largest absolute Gasteiger partial charge is 0.314 e. The molecule has 1 aromatic heterocycles. The summed E-state index contributed by atoms with van der Waals surface area (Å²) in [6.07, 6.45) is 8.57. The van der Waals surface area contributed by atoms with E-state index in [1.165, 1.54) is 31.5 Å². The Balaban J connectivity index is 1.64. The van der Waals surface area contributed by atoms with E-state index in [4.69, 9.17) is 0 Å². The Hall–Kier alpha value is -1.16. The van der Waals surface area contributed by atoms with Crippen LogP contribution in [0.3, 0.4) is 0 Å². The van der Waals surface area contributed by atoms with Crippen LogP contribution in [0.1, 0.15) is 64.1 Å². The summed E-state index contributed by atoms with van der Waals surface area (Å²) in [5, 5.41) is 12.5. The molecule has 0 aromatic carbocycles. The van der Waals surface area contributed by atoms with Gasteiger partial charge >= 0.3 is 0 Å². The molecule has 1 N–H and O–H groups in total. The molecule has 4 heteroatoms. The summed E-state index contributed by atoms with van der Waals surface area (Å²) < 4.78 is 2.33. The molecule has 0 spiro atoms. The molecular weight excluding hydrogens is 260 g/mol. The van der Waals surface area contributed by atoms with Crippen LogP contribution in [0.25, 0.3) is 0 Å². The number of hydrogen-bond acceptors (Lipinski definition) is 3. The molecule has 0 fully saturated rings. The maximum atomic E-state index is 4.44. The van der Waals surface area contributed by atoms with Gasteiger partial charge in [-0.1, -0.05) is 18.6 Å². The van der Waals surface area contributed by atoms with E-state index in [1.807, 2.05) is 0 Å². The number of rotatable bonds is 4. The van der Waals surface area contributed by atoms with Gasteiger partial charge in [0.25, 0.3) is 0 Å². The van der Waals surface area contributed by atoms with E-state index in [9.17, 15) is 0 Å². The number of fused-ring (bicyclic) bond motifs is 1. The topological polar surface area (TPSA) is 42.7 Å². The van der Waals surface area contributed by atoms with Gasteiger partial charge in [-0.15, -0.1) is 10.2 Å². The van der Waals surface area contributed by atoms with E-state index >= 15 is 0 Å². The second-order valence-electron chi connectivity index (χ2n) is 6.82. The molecule has 1 aliphatic carbocycles. The molecular formula is C17H28N4. The summed E-state index contributed by atoms with van der Waals surface area (Å²) in [4.78, 5) is 0. The fourth-order valence-corrected chi connectivity index (χ4v) is 3.78. The van der Waals surface area contributed by atoms with Crippen molar-refractivity contribution in [1.29, 1.82) is 0 Å². The summed E-state index contributed by atoms with van der Waals surface area (Å²) in [5.74, 6) is 3.74. The van der Waals surface area contributed by atoms with E-state index in [2.05, 4.69) is 46.9 Å². The molecule has 116 valence electrons. The molecule has 1 aromatic rings. The number of nitrogens with zero attached hydrogens (tertiary/aromatic N) is 3. The predicted molar refractivity (Wildman–Crippen MR) is 85.0 cm³/mol. The van der Waals surface area contributed by atoms with Gasteiger partial charge in [0.1, 0.15) is 11.6 Å². The number of nitrogens with one attached hydrogen (secondary N) is 1. The highest BCUT2D eigenvalue weighted by Gasteiger charge is 2.24. The zero-order chi connectivity index (χ0) is 14.8. The minimum Gasteiger partial charge on any atom is -0.314 e. The quantitative estimate of drug-likeness (QED) is 0.865. The first kappa shape index (κ1) is 14.8. The van der Waals surface area contributed by atoms with Crippen LogP contribution in [-0.4, -0.2) is 21.3 Å². The Bertz CT molecular complexity index is 517. The van der Waals surface area contributed by atoms with E-state index < -0.39 is 0 Å². The van der Waals surface area contributed by atoms with Crippen LogP contribution in [0.2, 0.25) is 0 Å². The van der Waals surface area contributed by atoms with Gasteiger partial charge < -0.3 is 9.88 Å². The molecule has 4 nitrogen and oxygen atoms in total. The third-order valence-electron chi connectivity index (χ3n) is 5.28. The molecule has 0 bridgehead atoms. The molecule has 2 heterocycles. The van der Waals surface area contributed by atoms with Crippen LogP contribution in [0.15, 0.2) is 11.6 Å². The minimum atomic E-state index is 0.284. The van der Waals surface area contributed by atoms with Crippen LogP contribution in [0.4, 0.5) is 0 Å². The van der Waals surface area contributed by atoms with E-state index in [0.717, 1.165) is 31.3 Å². The van der Waals surface area contributed by atoms with E-state index in [0.29, 0.717) is 5.92 Å². The Labute approximate surface area is 128 Å². The van der Waals surface area contributed by atoms with Crippen LogP contribution >= 0.6 is 0 Å². The van der Waals surface area contributed by atoms with Crippen molar-refractivity contribution >= 4 is 0 Å². The molecule has 0 radical (unpaired) electrons. The minimum absolute atomic E-state index is 0.284. The lowest BCUT2D eigenvalue weighted by molar-refractivity contribution is 0.334.